The Hall–Kier alpha value is -5.38. The Bertz CT molecular complexity index is 2090. The number of cyclic esters (lactones) is 1. The van der Waals surface area contributed by atoms with Gasteiger partial charge in [-0.3, -0.25) is 14.4 Å². The van der Waals surface area contributed by atoms with E-state index in [2.05, 4.69) is 5.32 Å². The first kappa shape index (κ1) is 43.7. The molecule has 0 aromatic heterocycles. The molecule has 7 rings (SSSR count). The van der Waals surface area contributed by atoms with E-state index in [1.807, 2.05) is 24.3 Å². The van der Waals surface area contributed by atoms with Gasteiger partial charge in [0, 0.05) is 49.3 Å². The van der Waals surface area contributed by atoms with Crippen molar-refractivity contribution in [3.8, 4) is 0 Å². The van der Waals surface area contributed by atoms with Gasteiger partial charge in [-0.2, -0.15) is 0 Å². The molecule has 6 atom stereocenters. The fraction of sp³-hybridized carbons (Fsp3) is 0.522. The Morgan fingerprint density at radius 3 is 2.38 bits per heavy atom. The maximum Gasteiger partial charge on any atom is 0.348 e. The molecular weight excluding hydrogens is 789 g/mol. The summed E-state index contributed by atoms with van der Waals surface area (Å²) in [5, 5.41) is 12.9. The normalized spacial score (nSPS) is 25.3. The standard InChI is InChI=1S/C46H54N2O13/c1-44(2,3)60-37(51)19-17-31(25-49)47-40(52)33-15-10-20-48(33)41(53)30-21-34(38-35(22-30)59-46(61-38)23-28-12-6-7-13-29(28)24-46)57-42(54)32-14-9-8-11-27(32)16-18-36(50)58-39-43(55)56-26-45(39,4)5/h6-9,11-14,16,18,22,31,33-35,38-39,49H,10,15,17,19-21,23-26H2,1-5H3,(H,47,52). The molecule has 2 aliphatic carbocycles. The molecule has 2 aromatic rings. The largest absolute Gasteiger partial charge is 0.462 e. The molecule has 61 heavy (non-hydrogen) atoms. The highest BCUT2D eigenvalue weighted by molar-refractivity contribution is 5.99. The second-order valence-corrected chi connectivity index (χ2v) is 18.0. The summed E-state index contributed by atoms with van der Waals surface area (Å²) in [4.78, 5) is 81.0. The topological polar surface area (TPSA) is 193 Å². The molecule has 2 N–H and O–H groups in total. The molecule has 0 bridgehead atoms. The van der Waals surface area contributed by atoms with Crippen molar-refractivity contribution in [3.05, 3.63) is 88.5 Å². The number of fused-ring (bicyclic) bond motifs is 2. The molecule has 5 aliphatic rings. The van der Waals surface area contributed by atoms with E-state index in [9.17, 15) is 33.9 Å². The predicted octanol–water partition coefficient (Wildman–Crippen LogP) is 3.92. The number of carbonyl (C=O) groups is 6. The van der Waals surface area contributed by atoms with E-state index in [0.717, 1.165) is 17.2 Å². The van der Waals surface area contributed by atoms with Crippen molar-refractivity contribution >= 4 is 41.8 Å². The molecule has 0 radical (unpaired) electrons. The molecule has 2 amide bonds. The summed E-state index contributed by atoms with van der Waals surface area (Å²) in [5.41, 5.74) is 1.55. The molecule has 3 saturated heterocycles. The highest BCUT2D eigenvalue weighted by atomic mass is 16.8. The van der Waals surface area contributed by atoms with Crippen LogP contribution >= 0.6 is 0 Å². The second-order valence-electron chi connectivity index (χ2n) is 18.0. The van der Waals surface area contributed by atoms with Crippen molar-refractivity contribution in [1.82, 2.24) is 10.2 Å². The Labute approximate surface area is 354 Å². The average Bonchev–Trinajstić information content (AvgIpc) is 3.99. The van der Waals surface area contributed by atoms with E-state index in [0.29, 0.717) is 43.4 Å². The van der Waals surface area contributed by atoms with Gasteiger partial charge in [-0.05, 0) is 74.9 Å². The lowest BCUT2D eigenvalue weighted by molar-refractivity contribution is -0.172. The van der Waals surface area contributed by atoms with E-state index >= 15 is 0 Å². The van der Waals surface area contributed by atoms with Gasteiger partial charge in [-0.25, -0.2) is 14.4 Å². The van der Waals surface area contributed by atoms with E-state index in [-0.39, 0.29) is 31.4 Å². The molecule has 6 unspecified atom stereocenters. The molecule has 15 heteroatoms. The van der Waals surface area contributed by atoms with E-state index < -0.39 is 95.6 Å². The zero-order valence-corrected chi connectivity index (χ0v) is 35.2. The summed E-state index contributed by atoms with van der Waals surface area (Å²) >= 11 is 0. The minimum absolute atomic E-state index is 0.00943. The van der Waals surface area contributed by atoms with Crippen molar-refractivity contribution in [2.24, 2.45) is 5.41 Å². The number of ether oxygens (including phenoxy) is 6. The van der Waals surface area contributed by atoms with E-state index in [1.165, 1.54) is 11.0 Å². The maximum absolute atomic E-state index is 14.4. The van der Waals surface area contributed by atoms with Gasteiger partial charge in [0.05, 0.1) is 18.2 Å². The van der Waals surface area contributed by atoms with Gasteiger partial charge in [0.25, 0.3) is 0 Å². The molecule has 2 aromatic carbocycles. The Kier molecular flexibility index (Phi) is 12.6. The number of esters is 4. The summed E-state index contributed by atoms with van der Waals surface area (Å²) < 4.78 is 35.4. The van der Waals surface area contributed by atoms with Gasteiger partial charge >= 0.3 is 23.9 Å². The number of rotatable bonds is 12. The van der Waals surface area contributed by atoms with Crippen LogP contribution in [-0.2, 0) is 65.2 Å². The number of carbonyl (C=O) groups excluding carboxylic acids is 6. The zero-order chi connectivity index (χ0) is 43.7. The monoisotopic (exact) mass is 842 g/mol. The molecule has 1 spiro atoms. The molecule has 3 heterocycles. The SMILES string of the molecule is CC(C)(C)OC(=O)CCC(CO)NC(=O)C1CCCN1C(=O)C1=CC2OC3(Cc4ccccc4C3)OC2C(OC(=O)c2ccccc2C=CC(=O)OC2C(=O)OCC2(C)C)C1. The van der Waals surface area contributed by atoms with Crippen molar-refractivity contribution < 1.29 is 62.3 Å². The Morgan fingerprint density at radius 1 is 1.00 bits per heavy atom. The molecular formula is C46H54N2O13. The third-order valence-corrected chi connectivity index (χ3v) is 11.6. The number of likely N-dealkylation sites (tertiary alicyclic amines) is 1. The van der Waals surface area contributed by atoms with Crippen LogP contribution in [0.2, 0.25) is 0 Å². The van der Waals surface area contributed by atoms with Gasteiger partial charge in [-0.15, -0.1) is 0 Å². The summed E-state index contributed by atoms with van der Waals surface area (Å²) in [6, 6.07) is 12.9. The number of benzene rings is 2. The van der Waals surface area contributed by atoms with Crippen LogP contribution in [0.5, 0.6) is 0 Å². The number of nitrogens with one attached hydrogen (secondary N) is 1. The van der Waals surface area contributed by atoms with Crippen molar-refractivity contribution in [1.29, 1.82) is 0 Å². The van der Waals surface area contributed by atoms with Crippen LogP contribution in [0.25, 0.3) is 6.08 Å². The fourth-order valence-electron chi connectivity index (χ4n) is 8.59. The number of hydrogen-bond acceptors (Lipinski definition) is 13. The van der Waals surface area contributed by atoms with Gasteiger partial charge in [-0.1, -0.05) is 56.3 Å². The van der Waals surface area contributed by atoms with Crippen LogP contribution in [0.1, 0.15) is 93.8 Å². The number of amides is 2. The van der Waals surface area contributed by atoms with Crippen LogP contribution in [0.15, 0.2) is 66.3 Å². The van der Waals surface area contributed by atoms with Crippen LogP contribution in [0.3, 0.4) is 0 Å². The summed E-state index contributed by atoms with van der Waals surface area (Å²) in [7, 11) is 0. The summed E-state index contributed by atoms with van der Waals surface area (Å²) in [6.45, 7) is 8.80. The lowest BCUT2D eigenvalue weighted by Gasteiger charge is -2.33. The van der Waals surface area contributed by atoms with Gasteiger partial charge in [0.2, 0.25) is 17.9 Å². The number of aliphatic hydroxyl groups excluding tert-OH is 1. The van der Waals surface area contributed by atoms with Crippen LogP contribution < -0.4 is 5.32 Å². The molecule has 0 saturated carbocycles. The molecule has 15 nitrogen and oxygen atoms in total. The van der Waals surface area contributed by atoms with Crippen molar-refractivity contribution in [2.75, 3.05) is 19.8 Å². The average molecular weight is 843 g/mol. The first-order chi connectivity index (χ1) is 28.9. The molecule has 3 fully saturated rings. The van der Waals surface area contributed by atoms with Crippen LogP contribution in [0, 0.1) is 5.41 Å². The maximum atomic E-state index is 14.4. The lowest BCUT2D eigenvalue weighted by atomic mass is 9.90. The summed E-state index contributed by atoms with van der Waals surface area (Å²) in [6.07, 6.45) is 2.64. The minimum atomic E-state index is -1.07. The highest BCUT2D eigenvalue weighted by Crippen LogP contribution is 2.45. The number of hydrogen-bond donors (Lipinski definition) is 2. The smallest absolute Gasteiger partial charge is 0.348 e. The predicted molar refractivity (Wildman–Crippen MR) is 217 cm³/mol. The van der Waals surface area contributed by atoms with Gasteiger partial charge in [0.1, 0.15) is 36.6 Å². The number of nitrogens with zero attached hydrogens (tertiary/aromatic N) is 1. The van der Waals surface area contributed by atoms with Gasteiger partial charge in [0.15, 0.2) is 5.79 Å². The third-order valence-electron chi connectivity index (χ3n) is 11.6. The van der Waals surface area contributed by atoms with E-state index in [1.54, 1.807) is 65.0 Å². The molecule has 3 aliphatic heterocycles. The van der Waals surface area contributed by atoms with Crippen LogP contribution in [-0.4, -0.2) is 113 Å². The fourth-order valence-corrected chi connectivity index (χ4v) is 8.59. The van der Waals surface area contributed by atoms with Crippen molar-refractivity contribution in [3.63, 3.8) is 0 Å². The van der Waals surface area contributed by atoms with Gasteiger partial charge < -0.3 is 43.7 Å². The van der Waals surface area contributed by atoms with Crippen LogP contribution in [0.4, 0.5) is 0 Å². The lowest BCUT2D eigenvalue weighted by Crippen LogP contribution is -2.51. The zero-order valence-electron chi connectivity index (χ0n) is 35.2. The highest BCUT2D eigenvalue weighted by Gasteiger charge is 2.55. The minimum Gasteiger partial charge on any atom is -0.462 e. The Morgan fingerprint density at radius 2 is 1.70 bits per heavy atom. The first-order valence-corrected chi connectivity index (χ1v) is 20.9. The Balaban J connectivity index is 1.08. The van der Waals surface area contributed by atoms with E-state index in [4.69, 9.17) is 28.4 Å². The first-order valence-electron chi connectivity index (χ1n) is 20.9. The molecule has 326 valence electrons. The quantitative estimate of drug-likeness (QED) is 0.178. The van der Waals surface area contributed by atoms with Crippen molar-refractivity contribution in [2.45, 2.75) is 127 Å². The summed E-state index contributed by atoms with van der Waals surface area (Å²) in [5.74, 6) is -4.50. The third kappa shape index (κ3) is 9.90. The second kappa shape index (κ2) is 17.5. The number of aliphatic hydroxyl groups is 1.